The number of carbonyl (C=O) groups excluding carboxylic acids is 3. The first-order chi connectivity index (χ1) is 14.5. The van der Waals surface area contributed by atoms with Crippen molar-refractivity contribution in [2.75, 3.05) is 20.1 Å². The van der Waals surface area contributed by atoms with Crippen LogP contribution in [0, 0.1) is 5.82 Å². The van der Waals surface area contributed by atoms with Crippen molar-refractivity contribution >= 4 is 17.7 Å². The summed E-state index contributed by atoms with van der Waals surface area (Å²) in [6.07, 6.45) is 2.46. The first-order valence-corrected chi connectivity index (χ1v) is 9.84. The Kier molecular flexibility index (Phi) is 7.10. The Morgan fingerprint density at radius 3 is 2.77 bits per heavy atom. The van der Waals surface area contributed by atoms with Gasteiger partial charge in [0.2, 0.25) is 29.4 Å². The fourth-order valence-corrected chi connectivity index (χ4v) is 3.34. The molecule has 1 aliphatic rings. The lowest BCUT2D eigenvalue weighted by Crippen LogP contribution is -2.48. The normalized spacial score (nSPS) is 15.8. The summed E-state index contributed by atoms with van der Waals surface area (Å²) >= 11 is 0. The molecular weight excluding hydrogens is 393 g/mol. The Bertz CT molecular complexity index is 899. The molecule has 0 radical (unpaired) electrons. The second kappa shape index (κ2) is 9.95. The van der Waals surface area contributed by atoms with E-state index in [4.69, 9.17) is 4.52 Å². The van der Waals surface area contributed by atoms with Crippen molar-refractivity contribution < 1.29 is 23.3 Å². The minimum atomic E-state index is -0.466. The van der Waals surface area contributed by atoms with Gasteiger partial charge in [0.1, 0.15) is 11.9 Å². The van der Waals surface area contributed by atoms with Crippen LogP contribution in [0.15, 0.2) is 28.8 Å². The van der Waals surface area contributed by atoms with Gasteiger partial charge in [0.25, 0.3) is 0 Å². The van der Waals surface area contributed by atoms with Crippen LogP contribution in [0.25, 0.3) is 11.4 Å². The summed E-state index contributed by atoms with van der Waals surface area (Å²) in [6, 6.07) is 5.28. The van der Waals surface area contributed by atoms with E-state index in [0.29, 0.717) is 43.1 Å². The molecule has 2 heterocycles. The molecule has 1 saturated heterocycles. The van der Waals surface area contributed by atoms with Crippen LogP contribution in [0.5, 0.6) is 0 Å². The molecule has 0 bridgehead atoms. The quantitative estimate of drug-likeness (QED) is 0.663. The number of nitrogens with one attached hydrogen (secondary N) is 2. The number of rotatable bonds is 8. The summed E-state index contributed by atoms with van der Waals surface area (Å²) in [5.74, 6) is -0.333. The van der Waals surface area contributed by atoms with E-state index >= 15 is 0 Å². The van der Waals surface area contributed by atoms with Gasteiger partial charge in [-0.15, -0.1) is 0 Å². The second-order valence-electron chi connectivity index (χ2n) is 7.01. The van der Waals surface area contributed by atoms with Gasteiger partial charge in [-0.2, -0.15) is 4.98 Å². The maximum Gasteiger partial charge on any atom is 0.242 e. The molecule has 2 N–H and O–H groups in total. The van der Waals surface area contributed by atoms with Crippen LogP contribution in [0.4, 0.5) is 4.39 Å². The van der Waals surface area contributed by atoms with E-state index in [9.17, 15) is 18.8 Å². The SMILES string of the molecule is CNC(=O)C1CCCN1C(=O)CNC(=O)CCCc1nc(-c2ccc(F)cc2)no1. The zero-order valence-corrected chi connectivity index (χ0v) is 16.7. The third-order valence-electron chi connectivity index (χ3n) is 4.92. The van der Waals surface area contributed by atoms with Crippen molar-refractivity contribution in [2.24, 2.45) is 0 Å². The fourth-order valence-electron chi connectivity index (χ4n) is 3.34. The average Bonchev–Trinajstić information content (AvgIpc) is 3.42. The number of hydrogen-bond donors (Lipinski definition) is 2. The van der Waals surface area contributed by atoms with E-state index in [2.05, 4.69) is 20.8 Å². The topological polar surface area (TPSA) is 117 Å². The summed E-state index contributed by atoms with van der Waals surface area (Å²) in [6.45, 7) is 0.377. The molecule has 10 heteroatoms. The summed E-state index contributed by atoms with van der Waals surface area (Å²) in [5.41, 5.74) is 0.639. The van der Waals surface area contributed by atoms with Gasteiger partial charge in [-0.25, -0.2) is 4.39 Å². The van der Waals surface area contributed by atoms with Crippen molar-refractivity contribution in [1.29, 1.82) is 0 Å². The minimum Gasteiger partial charge on any atom is -0.357 e. The van der Waals surface area contributed by atoms with Crippen LogP contribution in [0.3, 0.4) is 0 Å². The van der Waals surface area contributed by atoms with Gasteiger partial charge < -0.3 is 20.1 Å². The number of likely N-dealkylation sites (N-methyl/N-ethyl adjacent to an activating group) is 1. The average molecular weight is 417 g/mol. The zero-order chi connectivity index (χ0) is 21.5. The Morgan fingerprint density at radius 2 is 2.03 bits per heavy atom. The summed E-state index contributed by atoms with van der Waals surface area (Å²) < 4.78 is 18.1. The number of hydrogen-bond acceptors (Lipinski definition) is 6. The highest BCUT2D eigenvalue weighted by Crippen LogP contribution is 2.18. The van der Waals surface area contributed by atoms with Crippen LogP contribution < -0.4 is 10.6 Å². The van der Waals surface area contributed by atoms with E-state index < -0.39 is 6.04 Å². The monoisotopic (exact) mass is 417 g/mol. The molecule has 1 aromatic heterocycles. The molecule has 160 valence electrons. The number of carbonyl (C=O) groups is 3. The largest absolute Gasteiger partial charge is 0.357 e. The first-order valence-electron chi connectivity index (χ1n) is 9.84. The van der Waals surface area contributed by atoms with Gasteiger partial charge in [0.15, 0.2) is 0 Å². The van der Waals surface area contributed by atoms with E-state index in [1.807, 2.05) is 0 Å². The van der Waals surface area contributed by atoms with Crippen LogP contribution in [0.1, 0.15) is 31.6 Å². The minimum absolute atomic E-state index is 0.137. The van der Waals surface area contributed by atoms with E-state index in [-0.39, 0.29) is 36.5 Å². The van der Waals surface area contributed by atoms with Crippen molar-refractivity contribution in [1.82, 2.24) is 25.7 Å². The lowest BCUT2D eigenvalue weighted by atomic mass is 10.2. The Hall–Kier alpha value is -3.30. The number of halogens is 1. The summed E-state index contributed by atoms with van der Waals surface area (Å²) in [7, 11) is 1.54. The number of amides is 3. The molecule has 1 aliphatic heterocycles. The predicted molar refractivity (Wildman–Crippen MR) is 104 cm³/mol. The number of aryl methyl sites for hydroxylation is 1. The van der Waals surface area contributed by atoms with Crippen LogP contribution >= 0.6 is 0 Å². The van der Waals surface area contributed by atoms with Crippen molar-refractivity contribution in [2.45, 2.75) is 38.1 Å². The first kappa shape index (κ1) is 21.4. The van der Waals surface area contributed by atoms with Crippen LogP contribution in [0.2, 0.25) is 0 Å². The van der Waals surface area contributed by atoms with E-state index in [1.165, 1.54) is 24.1 Å². The molecule has 0 spiro atoms. The fraction of sp³-hybridized carbons (Fsp3) is 0.450. The molecule has 9 nitrogen and oxygen atoms in total. The van der Waals surface area contributed by atoms with Gasteiger partial charge in [-0.1, -0.05) is 5.16 Å². The van der Waals surface area contributed by atoms with Gasteiger partial charge in [-0.05, 0) is 43.5 Å². The predicted octanol–water partition coefficient (Wildman–Crippen LogP) is 1.05. The highest BCUT2D eigenvalue weighted by Gasteiger charge is 2.33. The smallest absolute Gasteiger partial charge is 0.242 e. The summed E-state index contributed by atoms with van der Waals surface area (Å²) in [4.78, 5) is 41.9. The molecule has 1 aromatic carbocycles. The lowest BCUT2D eigenvalue weighted by molar-refractivity contribution is -0.138. The van der Waals surface area contributed by atoms with Crippen molar-refractivity contribution in [3.63, 3.8) is 0 Å². The number of nitrogens with zero attached hydrogens (tertiary/aromatic N) is 3. The zero-order valence-electron chi connectivity index (χ0n) is 16.7. The second-order valence-corrected chi connectivity index (χ2v) is 7.01. The van der Waals surface area contributed by atoms with Gasteiger partial charge in [0.05, 0.1) is 6.54 Å². The van der Waals surface area contributed by atoms with E-state index in [1.54, 1.807) is 12.1 Å². The Morgan fingerprint density at radius 1 is 1.27 bits per heavy atom. The van der Waals surface area contributed by atoms with Crippen molar-refractivity contribution in [3.05, 3.63) is 36.0 Å². The lowest BCUT2D eigenvalue weighted by Gasteiger charge is -2.23. The Balaban J connectivity index is 1.39. The van der Waals surface area contributed by atoms with Gasteiger partial charge in [0, 0.05) is 32.0 Å². The number of likely N-dealkylation sites (tertiary alicyclic amines) is 1. The Labute approximate surface area is 173 Å². The molecule has 1 unspecified atom stereocenters. The molecule has 30 heavy (non-hydrogen) atoms. The van der Waals surface area contributed by atoms with Gasteiger partial charge >= 0.3 is 0 Å². The molecule has 3 amide bonds. The van der Waals surface area contributed by atoms with E-state index in [0.717, 1.165) is 6.42 Å². The molecule has 2 aromatic rings. The standard InChI is InChI=1S/C20H24FN5O4/c1-22-20(29)15-4-3-11-26(15)18(28)12-23-16(27)5-2-6-17-24-19(25-30-17)13-7-9-14(21)10-8-13/h7-10,15H,2-6,11-12H2,1H3,(H,22,29)(H,23,27). The highest BCUT2D eigenvalue weighted by molar-refractivity contribution is 5.90. The highest BCUT2D eigenvalue weighted by atomic mass is 19.1. The molecule has 0 aliphatic carbocycles. The molecule has 0 saturated carbocycles. The molecule has 1 fully saturated rings. The molecule has 1 atom stereocenters. The summed E-state index contributed by atoms with van der Waals surface area (Å²) in [5, 5.41) is 9.01. The van der Waals surface area contributed by atoms with Gasteiger partial charge in [-0.3, -0.25) is 14.4 Å². The number of benzene rings is 1. The van der Waals surface area contributed by atoms with Crippen LogP contribution in [-0.2, 0) is 20.8 Å². The third kappa shape index (κ3) is 5.40. The number of aromatic nitrogens is 2. The maximum absolute atomic E-state index is 13.0. The van der Waals surface area contributed by atoms with Crippen LogP contribution in [-0.4, -0.2) is 58.9 Å². The third-order valence-corrected chi connectivity index (χ3v) is 4.92. The maximum atomic E-state index is 13.0. The van der Waals surface area contributed by atoms with Crippen molar-refractivity contribution in [3.8, 4) is 11.4 Å². The molecule has 3 rings (SSSR count). The molecular formula is C20H24FN5O4.